The molecule has 2 saturated heterocycles. The van der Waals surface area contributed by atoms with Gasteiger partial charge in [0.2, 0.25) is 5.91 Å². The molecule has 0 aliphatic carbocycles. The van der Waals surface area contributed by atoms with Crippen molar-refractivity contribution in [2.24, 2.45) is 0 Å². The smallest absolute Gasteiger partial charge is 0.410 e. The van der Waals surface area contributed by atoms with Gasteiger partial charge in [0, 0.05) is 39.4 Å². The van der Waals surface area contributed by atoms with Crippen LogP contribution in [0.3, 0.4) is 0 Å². The van der Waals surface area contributed by atoms with Gasteiger partial charge in [-0.2, -0.15) is 0 Å². The third-order valence-corrected chi connectivity index (χ3v) is 6.38. The first kappa shape index (κ1) is 17.3. The van der Waals surface area contributed by atoms with Gasteiger partial charge in [-0.05, 0) is 25.0 Å². The Morgan fingerprint density at radius 1 is 1.31 bits per heavy atom. The number of aryl methyl sites for hydroxylation is 1. The molecule has 4 rings (SSSR count). The van der Waals surface area contributed by atoms with Crippen molar-refractivity contribution < 1.29 is 14.3 Å². The van der Waals surface area contributed by atoms with E-state index in [1.54, 1.807) is 23.3 Å². The van der Waals surface area contributed by atoms with E-state index in [1.807, 2.05) is 23.1 Å². The van der Waals surface area contributed by atoms with Gasteiger partial charge in [-0.25, -0.2) is 9.78 Å². The number of para-hydroxylation sites is 1. The molecule has 1 spiro atoms. The van der Waals surface area contributed by atoms with Crippen LogP contribution in [0, 0.1) is 0 Å². The molecule has 2 aromatic rings. The topological polar surface area (TPSA) is 62.7 Å². The van der Waals surface area contributed by atoms with Crippen molar-refractivity contribution in [2.45, 2.75) is 37.7 Å². The van der Waals surface area contributed by atoms with E-state index in [9.17, 15) is 9.59 Å². The van der Waals surface area contributed by atoms with Crippen molar-refractivity contribution in [1.29, 1.82) is 0 Å². The Kier molecular flexibility index (Phi) is 4.56. The van der Waals surface area contributed by atoms with Gasteiger partial charge < -0.3 is 14.5 Å². The molecule has 1 unspecified atom stereocenters. The second-order valence-electron chi connectivity index (χ2n) is 7.22. The highest BCUT2D eigenvalue weighted by Crippen LogP contribution is 2.32. The van der Waals surface area contributed by atoms with Crippen molar-refractivity contribution in [1.82, 2.24) is 14.8 Å². The normalized spacial score (nSPS) is 23.5. The van der Waals surface area contributed by atoms with Crippen LogP contribution in [0.2, 0.25) is 0 Å². The zero-order valence-electron chi connectivity index (χ0n) is 14.9. The maximum atomic E-state index is 12.7. The molecule has 2 aliphatic rings. The third-order valence-electron chi connectivity index (χ3n) is 5.28. The number of fused-ring (bicyclic) bond motifs is 1. The van der Waals surface area contributed by atoms with Gasteiger partial charge in [0.15, 0.2) is 0 Å². The van der Waals surface area contributed by atoms with Gasteiger partial charge in [0.1, 0.15) is 5.60 Å². The minimum absolute atomic E-state index is 0.166. The largest absolute Gasteiger partial charge is 0.441 e. The van der Waals surface area contributed by atoms with E-state index in [2.05, 4.69) is 11.1 Å². The Balaban J connectivity index is 1.34. The molecule has 2 amide bonds. The number of amides is 2. The summed E-state index contributed by atoms with van der Waals surface area (Å²) in [5.74, 6) is 0.166. The first-order chi connectivity index (χ1) is 12.5. The second-order valence-corrected chi connectivity index (χ2v) is 8.33. The van der Waals surface area contributed by atoms with Crippen LogP contribution in [0.4, 0.5) is 4.79 Å². The molecule has 1 atom stereocenters. The summed E-state index contributed by atoms with van der Waals surface area (Å²) in [4.78, 5) is 32.5. The minimum atomic E-state index is -0.409. The van der Waals surface area contributed by atoms with Crippen molar-refractivity contribution in [3.8, 4) is 0 Å². The first-order valence-electron chi connectivity index (χ1n) is 9.11. The number of benzene rings is 1. The van der Waals surface area contributed by atoms with Gasteiger partial charge in [0.05, 0.1) is 21.8 Å². The summed E-state index contributed by atoms with van der Waals surface area (Å²) in [5, 5.41) is 1.01. The second kappa shape index (κ2) is 6.87. The molecular weight excluding hydrogens is 350 g/mol. The van der Waals surface area contributed by atoms with Crippen LogP contribution in [-0.4, -0.2) is 59.1 Å². The number of likely N-dealkylation sites (N-methyl/N-ethyl adjacent to an activating group) is 1. The van der Waals surface area contributed by atoms with Gasteiger partial charge in [0.25, 0.3) is 0 Å². The van der Waals surface area contributed by atoms with Crippen molar-refractivity contribution in [3.05, 3.63) is 29.3 Å². The molecule has 2 fully saturated rings. The number of aromatic nitrogens is 1. The van der Waals surface area contributed by atoms with Crippen molar-refractivity contribution in [3.63, 3.8) is 0 Å². The Labute approximate surface area is 156 Å². The van der Waals surface area contributed by atoms with Crippen LogP contribution in [0.1, 0.15) is 30.7 Å². The van der Waals surface area contributed by atoms with Crippen molar-refractivity contribution in [2.75, 3.05) is 26.7 Å². The molecular formula is C19H23N3O3S. The molecule has 1 aromatic carbocycles. The lowest BCUT2D eigenvalue weighted by Crippen LogP contribution is -2.36. The number of carbonyl (C=O) groups excluding carboxylic acids is 2. The Bertz CT molecular complexity index is 803. The summed E-state index contributed by atoms with van der Waals surface area (Å²) in [6, 6.07) is 8.06. The monoisotopic (exact) mass is 373 g/mol. The predicted molar refractivity (Wildman–Crippen MR) is 100 cm³/mol. The van der Waals surface area contributed by atoms with E-state index in [-0.39, 0.29) is 12.0 Å². The summed E-state index contributed by atoms with van der Waals surface area (Å²) in [6.45, 7) is 2.01. The Morgan fingerprint density at radius 2 is 2.15 bits per heavy atom. The lowest BCUT2D eigenvalue weighted by Gasteiger charge is -2.25. The lowest BCUT2D eigenvalue weighted by molar-refractivity contribution is -0.131. The minimum Gasteiger partial charge on any atom is -0.441 e. The fraction of sp³-hybridized carbons (Fsp3) is 0.526. The van der Waals surface area contributed by atoms with Crippen LogP contribution in [0.5, 0.6) is 0 Å². The maximum Gasteiger partial charge on any atom is 0.410 e. The number of likely N-dealkylation sites (tertiary alicyclic amines) is 1. The standard InChI is InChI=1S/C19H23N3O3S/c1-21-13-19(25-18(21)24)9-4-11-22(12-10-19)17(23)8-7-16-20-14-5-2-3-6-15(14)26-16/h2-3,5-6H,4,7-13H2,1H3. The van der Waals surface area contributed by atoms with Crippen LogP contribution >= 0.6 is 11.3 Å². The number of ether oxygens (including phenoxy) is 1. The highest BCUT2D eigenvalue weighted by atomic mass is 32.1. The lowest BCUT2D eigenvalue weighted by atomic mass is 9.95. The van der Waals surface area contributed by atoms with E-state index in [1.165, 1.54) is 4.70 Å². The molecule has 6 nitrogen and oxygen atoms in total. The zero-order chi connectivity index (χ0) is 18.1. The molecule has 0 bridgehead atoms. The quantitative estimate of drug-likeness (QED) is 0.830. The number of nitrogens with zero attached hydrogens (tertiary/aromatic N) is 3. The SMILES string of the molecule is CN1CC2(CCCN(C(=O)CCc3nc4ccccc4s3)CC2)OC1=O. The molecule has 0 radical (unpaired) electrons. The van der Waals surface area contributed by atoms with E-state index >= 15 is 0 Å². The zero-order valence-corrected chi connectivity index (χ0v) is 15.8. The van der Waals surface area contributed by atoms with Gasteiger partial charge in [-0.1, -0.05) is 12.1 Å². The van der Waals surface area contributed by atoms with Crippen LogP contribution in [0.15, 0.2) is 24.3 Å². The molecule has 1 aromatic heterocycles. The first-order valence-corrected chi connectivity index (χ1v) is 9.93. The van der Waals surface area contributed by atoms with E-state index in [4.69, 9.17) is 4.74 Å². The van der Waals surface area contributed by atoms with E-state index < -0.39 is 5.60 Å². The van der Waals surface area contributed by atoms with E-state index in [0.717, 1.165) is 36.3 Å². The fourth-order valence-corrected chi connectivity index (χ4v) is 4.84. The van der Waals surface area contributed by atoms with Gasteiger partial charge in [-0.15, -0.1) is 11.3 Å². The number of rotatable bonds is 3. The Hall–Kier alpha value is -2.15. The molecule has 26 heavy (non-hydrogen) atoms. The van der Waals surface area contributed by atoms with Crippen molar-refractivity contribution >= 4 is 33.6 Å². The molecule has 0 saturated carbocycles. The number of hydrogen-bond acceptors (Lipinski definition) is 5. The van der Waals surface area contributed by atoms with Crippen LogP contribution in [0.25, 0.3) is 10.2 Å². The molecule has 7 heteroatoms. The average molecular weight is 373 g/mol. The summed E-state index contributed by atoms with van der Waals surface area (Å²) < 4.78 is 6.78. The van der Waals surface area contributed by atoms with Crippen LogP contribution in [-0.2, 0) is 16.0 Å². The number of thiazole rings is 1. The van der Waals surface area contributed by atoms with E-state index in [0.29, 0.717) is 25.9 Å². The fourth-order valence-electron chi connectivity index (χ4n) is 3.87. The predicted octanol–water partition coefficient (Wildman–Crippen LogP) is 3.06. The number of carbonyl (C=O) groups is 2. The highest BCUT2D eigenvalue weighted by Gasteiger charge is 2.44. The van der Waals surface area contributed by atoms with Crippen LogP contribution < -0.4 is 0 Å². The summed E-state index contributed by atoms with van der Waals surface area (Å²) in [6.07, 6.45) is 3.32. The Morgan fingerprint density at radius 3 is 2.92 bits per heavy atom. The van der Waals surface area contributed by atoms with Gasteiger partial charge >= 0.3 is 6.09 Å². The molecule has 0 N–H and O–H groups in total. The molecule has 2 aliphatic heterocycles. The molecule has 3 heterocycles. The van der Waals surface area contributed by atoms with Gasteiger partial charge in [-0.3, -0.25) is 4.79 Å². The third kappa shape index (κ3) is 3.40. The summed E-state index contributed by atoms with van der Waals surface area (Å²) in [5.41, 5.74) is 0.595. The average Bonchev–Trinajstić information content (AvgIpc) is 3.08. The molecule has 138 valence electrons. The summed E-state index contributed by atoms with van der Waals surface area (Å²) in [7, 11) is 1.77. The maximum absolute atomic E-state index is 12.7. The number of hydrogen-bond donors (Lipinski definition) is 0. The summed E-state index contributed by atoms with van der Waals surface area (Å²) >= 11 is 1.66. The highest BCUT2D eigenvalue weighted by molar-refractivity contribution is 7.18.